The Morgan fingerprint density at radius 2 is 2.21 bits per heavy atom. The molecule has 6 heteroatoms. The van der Waals surface area contributed by atoms with Gasteiger partial charge in [0.05, 0.1) is 17.7 Å². The van der Waals surface area contributed by atoms with Crippen molar-refractivity contribution in [2.24, 2.45) is 0 Å². The number of nitrogens with zero attached hydrogens (tertiary/aromatic N) is 3. The number of benzene rings is 1. The first-order valence-electron chi connectivity index (χ1n) is 5.93. The van der Waals surface area contributed by atoms with Gasteiger partial charge in [-0.3, -0.25) is 5.10 Å². The summed E-state index contributed by atoms with van der Waals surface area (Å²) < 4.78 is 0. The van der Waals surface area contributed by atoms with E-state index in [2.05, 4.69) is 25.5 Å². The average Bonchev–Trinajstić information content (AvgIpc) is 2.88. The number of nitrogens with one attached hydrogen (secondary N) is 2. The molecule has 3 rings (SSSR count). The van der Waals surface area contributed by atoms with E-state index in [9.17, 15) is 5.11 Å². The lowest BCUT2D eigenvalue weighted by atomic mass is 10.1. The molecule has 1 atom stereocenters. The van der Waals surface area contributed by atoms with Crippen molar-refractivity contribution in [3.8, 4) is 0 Å². The number of hydrogen-bond acceptors (Lipinski definition) is 5. The SMILES string of the molecule is C[C@H](O)c1cccc(Nc2ncnc3[nH]ncc23)c1. The number of aliphatic hydroxyl groups excluding tert-OH is 1. The summed E-state index contributed by atoms with van der Waals surface area (Å²) in [5.74, 6) is 0.682. The lowest BCUT2D eigenvalue weighted by Crippen LogP contribution is -1.97. The number of H-pyrrole nitrogens is 1. The monoisotopic (exact) mass is 255 g/mol. The highest BCUT2D eigenvalue weighted by Crippen LogP contribution is 2.23. The van der Waals surface area contributed by atoms with Gasteiger partial charge in [0, 0.05) is 5.69 Å². The summed E-state index contributed by atoms with van der Waals surface area (Å²) in [6, 6.07) is 7.57. The van der Waals surface area contributed by atoms with Crippen LogP contribution in [0.3, 0.4) is 0 Å². The lowest BCUT2D eigenvalue weighted by Gasteiger charge is -2.09. The summed E-state index contributed by atoms with van der Waals surface area (Å²) >= 11 is 0. The van der Waals surface area contributed by atoms with Gasteiger partial charge >= 0.3 is 0 Å². The predicted molar refractivity (Wildman–Crippen MR) is 72.0 cm³/mol. The zero-order chi connectivity index (χ0) is 13.2. The molecule has 0 saturated carbocycles. The van der Waals surface area contributed by atoms with Crippen LogP contribution in [0.4, 0.5) is 11.5 Å². The highest BCUT2D eigenvalue weighted by Gasteiger charge is 2.06. The fraction of sp³-hybridized carbons (Fsp3) is 0.154. The maximum absolute atomic E-state index is 9.58. The van der Waals surface area contributed by atoms with Crippen LogP contribution in [-0.4, -0.2) is 25.3 Å². The molecule has 0 bridgehead atoms. The van der Waals surface area contributed by atoms with Gasteiger partial charge in [-0.25, -0.2) is 9.97 Å². The molecule has 96 valence electrons. The highest BCUT2D eigenvalue weighted by molar-refractivity contribution is 5.87. The van der Waals surface area contributed by atoms with E-state index in [0.717, 1.165) is 16.6 Å². The highest BCUT2D eigenvalue weighted by atomic mass is 16.3. The molecule has 3 aromatic rings. The minimum absolute atomic E-state index is 0.499. The molecular formula is C13H13N5O. The first kappa shape index (κ1) is 11.6. The smallest absolute Gasteiger partial charge is 0.160 e. The average molecular weight is 255 g/mol. The maximum Gasteiger partial charge on any atom is 0.160 e. The van der Waals surface area contributed by atoms with Crippen molar-refractivity contribution in [3.05, 3.63) is 42.4 Å². The third kappa shape index (κ3) is 2.25. The number of aliphatic hydroxyl groups is 1. The second-order valence-electron chi connectivity index (χ2n) is 4.28. The largest absolute Gasteiger partial charge is 0.389 e. The fourth-order valence-electron chi connectivity index (χ4n) is 1.88. The van der Waals surface area contributed by atoms with E-state index >= 15 is 0 Å². The summed E-state index contributed by atoms with van der Waals surface area (Å²) in [6.45, 7) is 1.73. The van der Waals surface area contributed by atoms with E-state index in [4.69, 9.17) is 0 Å². The molecule has 2 aromatic heterocycles. The molecule has 0 aliphatic rings. The van der Waals surface area contributed by atoms with E-state index in [1.807, 2.05) is 24.3 Å². The van der Waals surface area contributed by atoms with Crippen molar-refractivity contribution in [1.82, 2.24) is 20.2 Å². The molecule has 0 saturated heterocycles. The second kappa shape index (κ2) is 4.66. The van der Waals surface area contributed by atoms with Gasteiger partial charge in [-0.2, -0.15) is 5.10 Å². The minimum Gasteiger partial charge on any atom is -0.389 e. The van der Waals surface area contributed by atoms with Crippen LogP contribution in [0.25, 0.3) is 11.0 Å². The molecule has 2 heterocycles. The fourth-order valence-corrected chi connectivity index (χ4v) is 1.88. The molecular weight excluding hydrogens is 242 g/mol. The van der Waals surface area contributed by atoms with Crippen molar-refractivity contribution in [2.75, 3.05) is 5.32 Å². The van der Waals surface area contributed by atoms with Crippen LogP contribution >= 0.6 is 0 Å². The molecule has 0 radical (unpaired) electrons. The number of rotatable bonds is 3. The van der Waals surface area contributed by atoms with Crippen LogP contribution < -0.4 is 5.32 Å². The van der Waals surface area contributed by atoms with Crippen LogP contribution in [0.2, 0.25) is 0 Å². The standard InChI is InChI=1S/C13H13N5O/c1-8(19)9-3-2-4-10(5-9)17-12-11-6-16-18-13(11)15-7-14-12/h2-8,19H,1H3,(H2,14,15,16,17,18)/t8-/m0/s1. The Morgan fingerprint density at radius 3 is 3.05 bits per heavy atom. The Morgan fingerprint density at radius 1 is 1.32 bits per heavy atom. The number of anilines is 2. The molecule has 0 amide bonds. The van der Waals surface area contributed by atoms with Gasteiger partial charge in [0.15, 0.2) is 5.65 Å². The van der Waals surface area contributed by atoms with Crippen molar-refractivity contribution >= 4 is 22.5 Å². The van der Waals surface area contributed by atoms with Crippen LogP contribution in [0.5, 0.6) is 0 Å². The molecule has 0 aliphatic carbocycles. The van der Waals surface area contributed by atoms with Crippen molar-refractivity contribution < 1.29 is 5.11 Å². The Labute approximate surface area is 109 Å². The van der Waals surface area contributed by atoms with Crippen LogP contribution in [0.15, 0.2) is 36.8 Å². The van der Waals surface area contributed by atoms with Gasteiger partial charge in [-0.15, -0.1) is 0 Å². The Hall–Kier alpha value is -2.47. The van der Waals surface area contributed by atoms with Gasteiger partial charge in [0.2, 0.25) is 0 Å². The minimum atomic E-state index is -0.499. The van der Waals surface area contributed by atoms with Gasteiger partial charge in [0.25, 0.3) is 0 Å². The molecule has 0 fully saturated rings. The van der Waals surface area contributed by atoms with Crippen LogP contribution in [0, 0.1) is 0 Å². The quantitative estimate of drug-likeness (QED) is 0.667. The Bertz CT molecular complexity index is 707. The van der Waals surface area contributed by atoms with Gasteiger partial charge < -0.3 is 10.4 Å². The van der Waals surface area contributed by atoms with Crippen molar-refractivity contribution in [2.45, 2.75) is 13.0 Å². The topological polar surface area (TPSA) is 86.7 Å². The number of hydrogen-bond donors (Lipinski definition) is 3. The van der Waals surface area contributed by atoms with E-state index in [1.165, 1.54) is 6.33 Å². The summed E-state index contributed by atoms with van der Waals surface area (Å²) in [5, 5.41) is 20.4. The summed E-state index contributed by atoms with van der Waals surface area (Å²) in [4.78, 5) is 8.28. The van der Waals surface area contributed by atoms with Crippen molar-refractivity contribution in [3.63, 3.8) is 0 Å². The molecule has 3 N–H and O–H groups in total. The molecule has 1 aromatic carbocycles. The van der Waals surface area contributed by atoms with E-state index in [1.54, 1.807) is 13.1 Å². The Kier molecular flexibility index (Phi) is 2.85. The second-order valence-corrected chi connectivity index (χ2v) is 4.28. The van der Waals surface area contributed by atoms with E-state index in [0.29, 0.717) is 11.5 Å². The summed E-state index contributed by atoms with van der Waals surface area (Å²) in [6.07, 6.45) is 2.65. The first-order chi connectivity index (χ1) is 9.24. The molecule has 0 unspecified atom stereocenters. The summed E-state index contributed by atoms with van der Waals surface area (Å²) in [7, 11) is 0. The van der Waals surface area contributed by atoms with Gasteiger partial charge in [-0.05, 0) is 24.6 Å². The number of fused-ring (bicyclic) bond motifs is 1. The lowest BCUT2D eigenvalue weighted by molar-refractivity contribution is 0.199. The third-order valence-corrected chi connectivity index (χ3v) is 2.88. The van der Waals surface area contributed by atoms with E-state index < -0.39 is 6.10 Å². The molecule has 19 heavy (non-hydrogen) atoms. The maximum atomic E-state index is 9.58. The molecule has 6 nitrogen and oxygen atoms in total. The normalized spacial score (nSPS) is 12.5. The van der Waals surface area contributed by atoms with Gasteiger partial charge in [0.1, 0.15) is 12.1 Å². The number of aromatic nitrogens is 4. The molecule has 0 spiro atoms. The predicted octanol–water partition coefficient (Wildman–Crippen LogP) is 2.15. The van der Waals surface area contributed by atoms with Crippen LogP contribution in [0.1, 0.15) is 18.6 Å². The zero-order valence-corrected chi connectivity index (χ0v) is 10.3. The Balaban J connectivity index is 1.97. The molecule has 0 aliphatic heterocycles. The van der Waals surface area contributed by atoms with Gasteiger partial charge in [-0.1, -0.05) is 12.1 Å². The third-order valence-electron chi connectivity index (χ3n) is 2.88. The zero-order valence-electron chi connectivity index (χ0n) is 10.3. The number of aromatic amines is 1. The summed E-state index contributed by atoms with van der Waals surface area (Å²) in [5.41, 5.74) is 2.39. The first-order valence-corrected chi connectivity index (χ1v) is 5.93. The van der Waals surface area contributed by atoms with Crippen molar-refractivity contribution in [1.29, 1.82) is 0 Å². The van der Waals surface area contributed by atoms with E-state index in [-0.39, 0.29) is 0 Å². The van der Waals surface area contributed by atoms with Crippen LogP contribution in [-0.2, 0) is 0 Å².